The van der Waals surface area contributed by atoms with Gasteiger partial charge in [-0.25, -0.2) is 37.1 Å². The van der Waals surface area contributed by atoms with Crippen LogP contribution in [0.3, 0.4) is 0 Å². The van der Waals surface area contributed by atoms with Gasteiger partial charge in [-0.2, -0.15) is 4.40 Å². The van der Waals surface area contributed by atoms with Crippen LogP contribution >= 0.6 is 15.9 Å². The summed E-state index contributed by atoms with van der Waals surface area (Å²) in [6.07, 6.45) is 12.8. The third-order valence-corrected chi connectivity index (χ3v) is 31.8. The van der Waals surface area contributed by atoms with Gasteiger partial charge in [-0.1, -0.05) is 181 Å². The van der Waals surface area contributed by atoms with Crippen molar-refractivity contribution in [1.82, 2.24) is 34.5 Å². The molecule has 6 fully saturated rings. The number of likely N-dealkylation sites (tertiary alicyclic amines) is 5. The van der Waals surface area contributed by atoms with Crippen molar-refractivity contribution in [2.45, 2.75) is 331 Å². The molecule has 6 aromatic carbocycles. The van der Waals surface area contributed by atoms with Gasteiger partial charge in [0.1, 0.15) is 39.0 Å². The summed E-state index contributed by atoms with van der Waals surface area (Å²) in [5, 5.41) is 4.38. The lowest BCUT2D eigenvalue weighted by atomic mass is 9.73. The zero-order valence-corrected chi connectivity index (χ0v) is 93.5. The standard InChI is InChI=1S/C22H34N2O3S.C22H32N2O3S.C20H29NO4.C18H23NO3.C13H18N2.C13H23NO4.C7H7Br.CH4/c2*1-20(2,3)27-19(25)24-13-11-22(12-14-24)15-16-9-7-8-10-17(16)18(22)23-28(26)21(4,5)6;1-5-24-17(22)20(15-16-9-7-6-8-10-16)11-13-21(14-12-20)18(23)25-19(2,3)4;1-17(2,3)22-16(21)19-10-8-18(9-11-19)12-13-6-4-5-7-14(13)15(18)20;14-12-11-4-2-1-3-10(11)9-13(12)5-7-15-8-6-13;1-5-17-11(15)10-6-8-14(9-7-10)12(16)18-13(2,3)4;8-6-7-4-2-1-3-5-7;/h7-10,18,23H,11-15H2,1-6H3;7-10H,11-15H2,1-6H3;6-10H,5,11-15H2,1-4H3;4-7H,8-12H2,1-3H3;1-4,12,15H,5-9,14H2;10H,5-9H2,1-4H3;1-5H,6H2;1H4/t18-,28-;28-;;;12-;;;/m11..1.../s1. The smallest absolute Gasteiger partial charge is 0.410 e. The Morgan fingerprint density at radius 3 is 1.19 bits per heavy atom. The predicted octanol–water partition coefficient (Wildman–Crippen LogP) is 23.1. The first-order valence-electron chi connectivity index (χ1n) is 51.9. The van der Waals surface area contributed by atoms with Crippen LogP contribution in [-0.4, -0.2) is 216 Å². The van der Waals surface area contributed by atoms with Crippen LogP contribution < -0.4 is 15.8 Å². The fourth-order valence-corrected chi connectivity index (χ4v) is 22.4. The van der Waals surface area contributed by atoms with E-state index in [1.54, 1.807) is 26.5 Å². The average Bonchev–Trinajstić information content (AvgIpc) is 1.57. The number of ether oxygens (including phenoxy) is 7. The van der Waals surface area contributed by atoms with Crippen LogP contribution in [0, 0.1) is 33.0 Å². The van der Waals surface area contributed by atoms with Crippen LogP contribution in [0.2, 0.25) is 0 Å². The zero-order chi connectivity index (χ0) is 106. The van der Waals surface area contributed by atoms with E-state index >= 15 is 0 Å². The number of carbonyl (C=O) groups excluding carboxylic acids is 8. The van der Waals surface area contributed by atoms with Crippen molar-refractivity contribution < 1.29 is 79.9 Å². The number of fused-ring (bicyclic) bond motifs is 4. The monoisotopic (exact) mass is 2100 g/mol. The van der Waals surface area contributed by atoms with E-state index in [1.165, 1.54) is 52.6 Å². The number of hydrogen-bond donors (Lipinski definition) is 3. The van der Waals surface area contributed by atoms with E-state index < -0.39 is 60.1 Å². The second-order valence-corrected chi connectivity index (χ2v) is 51.6. The molecule has 0 saturated carbocycles. The molecule has 0 unspecified atom stereocenters. The number of hydrogen-bond acceptors (Lipinski definition) is 19. The first kappa shape index (κ1) is 119. The van der Waals surface area contributed by atoms with E-state index in [-0.39, 0.29) is 94.6 Å². The Balaban J connectivity index is 0.000000192. The maximum absolute atomic E-state index is 12.9. The van der Waals surface area contributed by atoms with Gasteiger partial charge in [0.15, 0.2) is 5.78 Å². The highest BCUT2D eigenvalue weighted by Gasteiger charge is 2.53. The summed E-state index contributed by atoms with van der Waals surface area (Å²) in [6.45, 7) is 52.4. The molecule has 4 N–H and O–H groups in total. The molecule has 10 aliphatic rings. The van der Waals surface area contributed by atoms with Gasteiger partial charge < -0.3 is 68.7 Å². The molecule has 0 bridgehead atoms. The first-order chi connectivity index (χ1) is 67.5. The maximum Gasteiger partial charge on any atom is 0.410 e. The first-order valence-corrected chi connectivity index (χ1v) is 55.2. The van der Waals surface area contributed by atoms with E-state index in [0.29, 0.717) is 116 Å². The number of alkyl halides is 1. The highest BCUT2D eigenvalue weighted by Crippen LogP contribution is 2.54. The van der Waals surface area contributed by atoms with Gasteiger partial charge in [0.05, 0.1) is 56.8 Å². The van der Waals surface area contributed by atoms with E-state index in [4.69, 9.17) is 43.3 Å². The molecular formula is C116H170BrN9O17S2. The Hall–Kier alpha value is -9.39. The van der Waals surface area contributed by atoms with Gasteiger partial charge in [0, 0.05) is 98.8 Å². The van der Waals surface area contributed by atoms with Crippen molar-refractivity contribution in [3.05, 3.63) is 213 Å². The molecule has 6 aliphatic heterocycles. The highest BCUT2D eigenvalue weighted by atomic mass is 79.9. The number of nitrogens with zero attached hydrogens (tertiary/aromatic N) is 6. The number of benzene rings is 6. The average molecular weight is 2110 g/mol. The number of nitrogens with two attached hydrogens (primary N) is 1. The summed E-state index contributed by atoms with van der Waals surface area (Å²) < 4.78 is 70.8. The second kappa shape index (κ2) is 50.7. The number of Topliss-reactive ketones (excluding diaryl/α,β-unsaturated/α-hetero) is 1. The van der Waals surface area contributed by atoms with Crippen molar-refractivity contribution in [2.24, 2.45) is 43.1 Å². The highest BCUT2D eigenvalue weighted by molar-refractivity contribution is 9.08. The Morgan fingerprint density at radius 1 is 0.421 bits per heavy atom. The zero-order valence-electron chi connectivity index (χ0n) is 90.3. The van der Waals surface area contributed by atoms with Gasteiger partial charge in [-0.3, -0.25) is 14.4 Å². The maximum atomic E-state index is 12.9. The number of ketones is 1. The third-order valence-electron chi connectivity index (χ3n) is 28.2. The number of piperidine rings is 6. The SMILES string of the molecule is BrCc1ccccc1.C.CC(C)(C)OC(=O)N1CCC2(CC1)Cc1ccccc1C2=N[S@](=O)C(C)(C)C.CC(C)(C)OC(=O)N1CCC2(CC1)Cc1ccccc1C2=O.CC(C)(C)OC(=O)N1CCC2(CC1)Cc1ccccc1[C@H]2N[S@](=O)C(C)(C)C.CCOC(=O)C1(Cc2ccccc2)CCN(C(=O)OC(C)(C)C)CC1.CCOC(=O)C1CCN(C(=O)OC(C)(C)C)CC1.N[C@@H]1c2ccccc2CC12CCNCC2. The van der Waals surface area contributed by atoms with Crippen LogP contribution in [0.5, 0.6) is 0 Å². The van der Waals surface area contributed by atoms with Crippen LogP contribution in [-0.2, 0) is 102 Å². The normalized spacial score (nSPS) is 20.1. The Morgan fingerprint density at radius 2 is 0.779 bits per heavy atom. The Labute approximate surface area is 879 Å². The van der Waals surface area contributed by atoms with Gasteiger partial charge in [0.2, 0.25) is 0 Å². The molecule has 5 amide bonds. The number of carbonyl (C=O) groups is 8. The minimum absolute atomic E-state index is 0. The molecule has 6 saturated heterocycles. The number of halogens is 1. The van der Waals surface area contributed by atoms with Crippen molar-refractivity contribution in [3.63, 3.8) is 0 Å². The number of esters is 2. The Kier molecular flexibility index (Phi) is 41.7. The summed E-state index contributed by atoms with van der Waals surface area (Å²) in [5.41, 5.74) is 16.5. The quantitative estimate of drug-likeness (QED) is 0.0652. The number of nitrogens with one attached hydrogen (secondary N) is 2. The number of amides is 5. The van der Waals surface area contributed by atoms with Gasteiger partial charge in [-0.05, 0) is 337 Å². The molecule has 0 aromatic heterocycles. The van der Waals surface area contributed by atoms with E-state index in [0.717, 1.165) is 104 Å². The fourth-order valence-electron chi connectivity index (χ4n) is 20.4. The van der Waals surface area contributed by atoms with E-state index in [9.17, 15) is 46.8 Å². The van der Waals surface area contributed by atoms with Gasteiger partial charge in [-0.15, -0.1) is 0 Å². The molecule has 145 heavy (non-hydrogen) atoms. The summed E-state index contributed by atoms with van der Waals surface area (Å²) in [6, 6.07) is 53.9. The molecule has 4 spiro atoms. The Bertz CT molecular complexity index is 5370. The lowest BCUT2D eigenvalue weighted by Gasteiger charge is -2.44. The molecule has 6 aromatic rings. The minimum atomic E-state index is -1.31. The van der Waals surface area contributed by atoms with Crippen molar-refractivity contribution >= 4 is 91.8 Å². The summed E-state index contributed by atoms with van der Waals surface area (Å²) in [5.74, 6) is -0.139. The molecular weight excluding hydrogens is 1940 g/mol. The molecule has 6 heterocycles. The van der Waals surface area contributed by atoms with Crippen molar-refractivity contribution in [3.8, 4) is 0 Å². The molecule has 4 aliphatic carbocycles. The van der Waals surface area contributed by atoms with Gasteiger partial charge in [0.25, 0.3) is 0 Å². The largest absolute Gasteiger partial charge is 0.466 e. The fraction of sp³-hybridized carbons (Fsp3) is 0.612. The third kappa shape index (κ3) is 33.3. The molecule has 800 valence electrons. The summed E-state index contributed by atoms with van der Waals surface area (Å²) in [7, 11) is -2.46. The van der Waals surface area contributed by atoms with Crippen molar-refractivity contribution in [1.29, 1.82) is 0 Å². The molecule has 29 heteroatoms. The lowest BCUT2D eigenvalue weighted by molar-refractivity contribution is -0.158. The molecule has 26 nitrogen and oxygen atoms in total. The van der Waals surface area contributed by atoms with Crippen LogP contribution in [0.25, 0.3) is 0 Å². The summed E-state index contributed by atoms with van der Waals surface area (Å²) in [4.78, 5) is 107. The summed E-state index contributed by atoms with van der Waals surface area (Å²) >= 11 is 3.36. The second-order valence-electron chi connectivity index (χ2n) is 47.1. The lowest BCUT2D eigenvalue weighted by Crippen LogP contribution is -2.49. The van der Waals surface area contributed by atoms with Crippen LogP contribution in [0.1, 0.15) is 316 Å². The van der Waals surface area contributed by atoms with Crippen LogP contribution in [0.15, 0.2) is 162 Å². The topological polar surface area (TPSA) is 314 Å². The predicted molar refractivity (Wildman–Crippen MR) is 582 cm³/mol. The minimum Gasteiger partial charge on any atom is -0.466 e. The molecule has 0 radical (unpaired) electrons. The van der Waals surface area contributed by atoms with E-state index in [1.807, 2.05) is 242 Å². The van der Waals surface area contributed by atoms with Crippen LogP contribution in [0.4, 0.5) is 24.0 Å². The van der Waals surface area contributed by atoms with Crippen molar-refractivity contribution in [2.75, 3.05) is 91.8 Å². The molecule has 16 rings (SSSR count). The molecule has 4 atom stereocenters. The number of rotatable bonds is 10. The van der Waals surface area contributed by atoms with Gasteiger partial charge >= 0.3 is 42.4 Å². The van der Waals surface area contributed by atoms with E-state index in [2.05, 4.69) is 98.8 Å².